The van der Waals surface area contributed by atoms with Gasteiger partial charge in [-0.3, -0.25) is 0 Å². The molecule has 0 heterocycles. The maximum atomic E-state index is 12.3. The molecule has 1 aromatic carbocycles. The molecular weight excluding hydrogens is 316 g/mol. The third kappa shape index (κ3) is 3.44. The van der Waals surface area contributed by atoms with E-state index in [9.17, 15) is 8.78 Å². The van der Waals surface area contributed by atoms with E-state index in [-0.39, 0.29) is 11.7 Å². The number of hydrogen-bond donors (Lipinski definition) is 0. The van der Waals surface area contributed by atoms with E-state index in [1.807, 2.05) is 12.1 Å². The van der Waals surface area contributed by atoms with Crippen LogP contribution in [-0.2, 0) is 5.33 Å². The molecule has 1 aliphatic carbocycles. The lowest BCUT2D eigenvalue weighted by Crippen LogP contribution is -2.05. The second-order valence-corrected chi connectivity index (χ2v) is 5.28. The Hall–Kier alpha value is -1.15. The van der Waals surface area contributed by atoms with Crippen molar-refractivity contribution in [3.8, 4) is 11.8 Å². The molecule has 0 aliphatic heterocycles. The van der Waals surface area contributed by atoms with Crippen molar-refractivity contribution in [1.29, 1.82) is 5.26 Å². The normalized spacial score (nSPS) is 22.5. The fourth-order valence-corrected chi connectivity index (χ4v) is 3.01. The van der Waals surface area contributed by atoms with Crippen molar-refractivity contribution in [2.75, 3.05) is 0 Å². The molecule has 1 fully saturated rings. The minimum Gasteiger partial charge on any atom is -0.435 e. The van der Waals surface area contributed by atoms with Crippen molar-refractivity contribution in [2.24, 2.45) is 5.92 Å². The van der Waals surface area contributed by atoms with Crippen LogP contribution in [0.25, 0.3) is 0 Å². The van der Waals surface area contributed by atoms with Gasteiger partial charge in [-0.2, -0.15) is 14.0 Å². The van der Waals surface area contributed by atoms with Gasteiger partial charge in [0, 0.05) is 16.8 Å². The summed E-state index contributed by atoms with van der Waals surface area (Å²) in [4.78, 5) is 0. The Morgan fingerprint density at radius 1 is 1.42 bits per heavy atom. The predicted octanol–water partition coefficient (Wildman–Crippen LogP) is 4.59. The zero-order valence-electron chi connectivity index (χ0n) is 10.3. The van der Waals surface area contributed by atoms with E-state index < -0.39 is 6.61 Å². The summed E-state index contributed by atoms with van der Waals surface area (Å²) < 4.78 is 29.0. The van der Waals surface area contributed by atoms with E-state index in [0.717, 1.165) is 30.4 Å². The smallest absolute Gasteiger partial charge is 0.387 e. The summed E-state index contributed by atoms with van der Waals surface area (Å²) in [5.41, 5.74) is 1.83. The van der Waals surface area contributed by atoms with Gasteiger partial charge in [0.15, 0.2) is 0 Å². The Morgan fingerprint density at radius 2 is 2.21 bits per heavy atom. The van der Waals surface area contributed by atoms with Crippen LogP contribution in [0.3, 0.4) is 0 Å². The van der Waals surface area contributed by atoms with Gasteiger partial charge in [-0.25, -0.2) is 0 Å². The fourth-order valence-electron chi connectivity index (χ4n) is 2.57. The molecule has 2 nitrogen and oxygen atoms in total. The summed E-state index contributed by atoms with van der Waals surface area (Å²) in [5, 5.41) is 9.38. The van der Waals surface area contributed by atoms with Gasteiger partial charge in [0.25, 0.3) is 0 Å². The number of halogens is 3. The van der Waals surface area contributed by atoms with Crippen molar-refractivity contribution in [3.05, 3.63) is 29.3 Å². The van der Waals surface area contributed by atoms with E-state index in [4.69, 9.17) is 5.26 Å². The zero-order valence-corrected chi connectivity index (χ0v) is 11.9. The summed E-state index contributed by atoms with van der Waals surface area (Å²) in [6, 6.07) is 7.62. The predicted molar refractivity (Wildman–Crippen MR) is 71.4 cm³/mol. The molecule has 1 aromatic rings. The van der Waals surface area contributed by atoms with Gasteiger partial charge in [-0.05, 0) is 36.8 Å². The lowest BCUT2D eigenvalue weighted by molar-refractivity contribution is -0.0503. The highest BCUT2D eigenvalue weighted by Gasteiger charge is 2.26. The van der Waals surface area contributed by atoms with Gasteiger partial charge in [-0.15, -0.1) is 0 Å². The fraction of sp³-hybridized carbons (Fsp3) is 0.500. The third-order valence-corrected chi connectivity index (χ3v) is 4.14. The maximum Gasteiger partial charge on any atom is 0.387 e. The van der Waals surface area contributed by atoms with Crippen molar-refractivity contribution in [2.45, 2.75) is 37.1 Å². The van der Waals surface area contributed by atoms with Crippen molar-refractivity contribution >= 4 is 15.9 Å². The Balaban J connectivity index is 2.18. The van der Waals surface area contributed by atoms with Crippen LogP contribution in [-0.4, -0.2) is 6.61 Å². The first kappa shape index (κ1) is 14.3. The molecule has 1 saturated carbocycles. The Labute approximate surface area is 119 Å². The highest BCUT2D eigenvalue weighted by atomic mass is 79.9. The van der Waals surface area contributed by atoms with Crippen LogP contribution in [0.15, 0.2) is 18.2 Å². The van der Waals surface area contributed by atoms with Crippen molar-refractivity contribution in [3.63, 3.8) is 0 Å². The second-order valence-electron chi connectivity index (χ2n) is 4.72. The van der Waals surface area contributed by atoms with E-state index in [1.165, 1.54) is 0 Å². The zero-order chi connectivity index (χ0) is 13.8. The van der Waals surface area contributed by atoms with Crippen LogP contribution in [0.1, 0.15) is 36.3 Å². The topological polar surface area (TPSA) is 33.0 Å². The van der Waals surface area contributed by atoms with E-state index in [0.29, 0.717) is 11.2 Å². The summed E-state index contributed by atoms with van der Waals surface area (Å²) >= 11 is 3.29. The number of ether oxygens (including phenoxy) is 1. The van der Waals surface area contributed by atoms with E-state index in [1.54, 1.807) is 6.07 Å². The van der Waals surface area contributed by atoms with Crippen LogP contribution in [0.4, 0.5) is 8.78 Å². The molecule has 0 N–H and O–H groups in total. The Morgan fingerprint density at radius 3 is 2.79 bits per heavy atom. The van der Waals surface area contributed by atoms with Crippen LogP contribution in [0.5, 0.6) is 5.75 Å². The van der Waals surface area contributed by atoms with Crippen molar-refractivity contribution < 1.29 is 13.5 Å². The molecule has 2 atom stereocenters. The molecule has 0 spiro atoms. The van der Waals surface area contributed by atoms with Crippen LogP contribution in [0.2, 0.25) is 0 Å². The number of benzene rings is 1. The van der Waals surface area contributed by atoms with E-state index >= 15 is 0 Å². The summed E-state index contributed by atoms with van der Waals surface area (Å²) in [7, 11) is 0. The number of hydrogen-bond acceptors (Lipinski definition) is 2. The number of nitrogens with zero attached hydrogens (tertiary/aromatic N) is 1. The molecule has 0 radical (unpaired) electrons. The lowest BCUT2D eigenvalue weighted by atomic mass is 9.95. The molecule has 19 heavy (non-hydrogen) atoms. The molecule has 1 aliphatic rings. The highest BCUT2D eigenvalue weighted by molar-refractivity contribution is 9.08. The molecule has 0 bridgehead atoms. The second kappa shape index (κ2) is 6.33. The Kier molecular flexibility index (Phi) is 4.76. The van der Waals surface area contributed by atoms with Crippen molar-refractivity contribution in [1.82, 2.24) is 0 Å². The molecule has 5 heteroatoms. The number of alkyl halides is 3. The first-order valence-corrected chi connectivity index (χ1v) is 7.29. The van der Waals surface area contributed by atoms with Gasteiger partial charge in [-0.1, -0.05) is 28.1 Å². The molecule has 2 unspecified atom stereocenters. The quantitative estimate of drug-likeness (QED) is 0.757. The first-order chi connectivity index (χ1) is 9.13. The van der Waals surface area contributed by atoms with Crippen LogP contribution >= 0.6 is 15.9 Å². The van der Waals surface area contributed by atoms with Crippen LogP contribution < -0.4 is 4.74 Å². The van der Waals surface area contributed by atoms with Gasteiger partial charge in [0.2, 0.25) is 0 Å². The summed E-state index contributed by atoms with van der Waals surface area (Å²) in [6.07, 6.45) is 2.75. The minimum atomic E-state index is -2.81. The van der Waals surface area contributed by atoms with Gasteiger partial charge < -0.3 is 4.74 Å². The number of nitriles is 1. The summed E-state index contributed by atoms with van der Waals surface area (Å²) in [6.45, 7) is -2.81. The molecular formula is C14H14BrF2NO. The largest absolute Gasteiger partial charge is 0.435 e. The average molecular weight is 330 g/mol. The SMILES string of the molecule is N#CC1CCC(c2ccc(OC(F)F)c(CBr)c2)C1. The maximum absolute atomic E-state index is 12.3. The van der Waals surface area contributed by atoms with Crippen LogP contribution in [0, 0.1) is 17.2 Å². The highest BCUT2D eigenvalue weighted by Crippen LogP contribution is 2.39. The monoisotopic (exact) mass is 329 g/mol. The lowest BCUT2D eigenvalue weighted by Gasteiger charge is -2.14. The average Bonchev–Trinajstić information content (AvgIpc) is 2.87. The minimum absolute atomic E-state index is 0.120. The molecule has 0 amide bonds. The number of rotatable bonds is 4. The molecule has 0 aromatic heterocycles. The summed E-state index contributed by atoms with van der Waals surface area (Å²) in [5.74, 6) is 0.683. The van der Waals surface area contributed by atoms with Gasteiger partial charge >= 0.3 is 6.61 Å². The first-order valence-electron chi connectivity index (χ1n) is 6.17. The third-order valence-electron chi connectivity index (χ3n) is 3.53. The molecule has 2 rings (SSSR count). The van der Waals surface area contributed by atoms with Gasteiger partial charge in [0.05, 0.1) is 6.07 Å². The molecule has 0 saturated heterocycles. The standard InChI is InChI=1S/C14H14BrF2NO/c15-7-12-6-11(3-4-13(12)19-14(16)17)10-2-1-9(5-10)8-18/h3-4,6,9-10,14H,1-2,5,7H2. The molecule has 102 valence electrons. The Bertz CT molecular complexity index is 487. The van der Waals surface area contributed by atoms with E-state index in [2.05, 4.69) is 26.7 Å². The van der Waals surface area contributed by atoms with Gasteiger partial charge in [0.1, 0.15) is 5.75 Å².